The van der Waals surface area contributed by atoms with Crippen molar-refractivity contribution in [2.45, 2.75) is 11.7 Å². The Balaban J connectivity index is 3.22. The summed E-state index contributed by atoms with van der Waals surface area (Å²) in [5.74, 6) is -5.63. The van der Waals surface area contributed by atoms with Gasteiger partial charge in [0.05, 0.1) is 0 Å². The molecule has 1 rings (SSSR count). The van der Waals surface area contributed by atoms with Gasteiger partial charge in [-0.25, -0.2) is 19.4 Å². The highest BCUT2D eigenvalue weighted by atomic mass is 17.1. The van der Waals surface area contributed by atoms with Gasteiger partial charge >= 0.3 is 11.9 Å². The first-order valence-electron chi connectivity index (χ1n) is 5.76. The number of carboxylic acid groups (broad SMARTS) is 2. The van der Waals surface area contributed by atoms with E-state index in [1.54, 1.807) is 30.3 Å². The number of carboxylic acids is 2. The van der Waals surface area contributed by atoms with Crippen molar-refractivity contribution >= 4 is 23.8 Å². The first-order valence-corrected chi connectivity index (χ1v) is 5.76. The summed E-state index contributed by atoms with van der Waals surface area (Å²) in [7, 11) is 0. The lowest BCUT2D eigenvalue weighted by Crippen LogP contribution is -2.60. The third-order valence-electron chi connectivity index (χ3n) is 2.75. The van der Waals surface area contributed by atoms with E-state index in [-0.39, 0.29) is 0 Å². The molecule has 1 aromatic carbocycles. The Hall–Kier alpha value is -2.59. The standard InChI is InChI=1S/C13H12O9/c14-9(7-6-8-4-2-1-3-5-8)13(22-20,12(17)18)10(21-19)11(15)16/h1-7,10,19-20H,(H,15,16)(H,17,18). The molecule has 0 heterocycles. The summed E-state index contributed by atoms with van der Waals surface area (Å²) in [6.07, 6.45) is -0.813. The van der Waals surface area contributed by atoms with Gasteiger partial charge in [0.15, 0.2) is 0 Å². The van der Waals surface area contributed by atoms with Crippen LogP contribution < -0.4 is 0 Å². The Kier molecular flexibility index (Phi) is 5.90. The lowest BCUT2D eigenvalue weighted by molar-refractivity contribution is -0.365. The summed E-state index contributed by atoms with van der Waals surface area (Å²) in [6, 6.07) is 8.17. The smallest absolute Gasteiger partial charge is 0.351 e. The maximum atomic E-state index is 12.0. The number of hydrogen-bond donors (Lipinski definition) is 4. The van der Waals surface area contributed by atoms with Crippen molar-refractivity contribution in [2.24, 2.45) is 0 Å². The van der Waals surface area contributed by atoms with Crippen molar-refractivity contribution in [2.75, 3.05) is 0 Å². The molecule has 2 unspecified atom stereocenters. The van der Waals surface area contributed by atoms with Gasteiger partial charge in [-0.1, -0.05) is 36.4 Å². The molecule has 9 heteroatoms. The summed E-state index contributed by atoms with van der Waals surface area (Å²) >= 11 is 0. The second kappa shape index (κ2) is 7.43. The number of hydrogen-bond acceptors (Lipinski definition) is 7. The molecule has 0 radical (unpaired) electrons. The fourth-order valence-electron chi connectivity index (χ4n) is 1.63. The molecule has 1 aromatic rings. The summed E-state index contributed by atoms with van der Waals surface area (Å²) in [5.41, 5.74) is -2.85. The fourth-order valence-corrected chi connectivity index (χ4v) is 1.63. The lowest BCUT2D eigenvalue weighted by atomic mass is 9.90. The van der Waals surface area contributed by atoms with Gasteiger partial charge in [-0.05, 0) is 11.6 Å². The van der Waals surface area contributed by atoms with E-state index in [4.69, 9.17) is 20.7 Å². The molecule has 0 aliphatic carbocycles. The summed E-state index contributed by atoms with van der Waals surface area (Å²) < 4.78 is 0. The molecule has 0 aliphatic heterocycles. The Morgan fingerprint density at radius 3 is 2.09 bits per heavy atom. The average molecular weight is 312 g/mol. The van der Waals surface area contributed by atoms with Crippen LogP contribution in [0.3, 0.4) is 0 Å². The largest absolute Gasteiger partial charge is 0.479 e. The first-order chi connectivity index (χ1) is 10.4. The molecule has 0 saturated carbocycles. The van der Waals surface area contributed by atoms with Gasteiger partial charge in [-0.15, -0.1) is 0 Å². The molecule has 4 N–H and O–H groups in total. The number of benzene rings is 1. The topological polar surface area (TPSA) is 151 Å². The Morgan fingerprint density at radius 2 is 1.68 bits per heavy atom. The van der Waals surface area contributed by atoms with Crippen molar-refractivity contribution < 1.29 is 44.9 Å². The fraction of sp³-hybridized carbons (Fsp3) is 0.154. The van der Waals surface area contributed by atoms with Gasteiger partial charge in [0.1, 0.15) is 0 Å². The Labute approximate surface area is 123 Å². The van der Waals surface area contributed by atoms with Crippen molar-refractivity contribution in [1.29, 1.82) is 0 Å². The van der Waals surface area contributed by atoms with Crippen LogP contribution in [0.5, 0.6) is 0 Å². The van der Waals surface area contributed by atoms with Gasteiger partial charge in [-0.2, -0.15) is 0 Å². The van der Waals surface area contributed by atoms with Crippen LogP contribution in [-0.2, 0) is 24.2 Å². The number of aliphatic carboxylic acids is 2. The van der Waals surface area contributed by atoms with Gasteiger partial charge in [0.25, 0.3) is 5.60 Å². The highest BCUT2D eigenvalue weighted by molar-refractivity contribution is 6.16. The third-order valence-corrected chi connectivity index (χ3v) is 2.75. The molecule has 9 nitrogen and oxygen atoms in total. The van der Waals surface area contributed by atoms with Crippen LogP contribution in [-0.4, -0.2) is 50.2 Å². The molecule has 0 spiro atoms. The molecule has 0 amide bonds. The highest BCUT2D eigenvalue weighted by Crippen LogP contribution is 2.22. The summed E-state index contributed by atoms with van der Waals surface area (Å²) in [5, 5.41) is 35.2. The van der Waals surface area contributed by atoms with Gasteiger partial charge in [0.2, 0.25) is 11.9 Å². The third kappa shape index (κ3) is 3.35. The molecule has 0 fully saturated rings. The molecular formula is C13H12O9. The van der Waals surface area contributed by atoms with Crippen LogP contribution in [0.1, 0.15) is 5.56 Å². The van der Waals surface area contributed by atoms with E-state index in [2.05, 4.69) is 9.78 Å². The van der Waals surface area contributed by atoms with E-state index in [1.807, 2.05) is 0 Å². The normalized spacial score (nSPS) is 15.2. The van der Waals surface area contributed by atoms with Crippen LogP contribution in [0.2, 0.25) is 0 Å². The SMILES string of the molecule is O=C(O)C(OO)C(OO)(C(=O)O)C(=O)C=Cc1ccccc1. The zero-order chi connectivity index (χ0) is 16.8. The maximum absolute atomic E-state index is 12.0. The number of ketones is 1. The van der Waals surface area contributed by atoms with Crippen LogP contribution in [0, 0.1) is 0 Å². The second-order valence-electron chi connectivity index (χ2n) is 4.06. The Morgan fingerprint density at radius 1 is 1.09 bits per heavy atom. The average Bonchev–Trinajstić information content (AvgIpc) is 2.50. The van der Waals surface area contributed by atoms with Crippen molar-refractivity contribution in [3.8, 4) is 0 Å². The van der Waals surface area contributed by atoms with Gasteiger partial charge < -0.3 is 10.2 Å². The maximum Gasteiger partial charge on any atom is 0.351 e. The molecule has 0 saturated heterocycles. The van der Waals surface area contributed by atoms with Crippen LogP contribution in [0.4, 0.5) is 0 Å². The second-order valence-corrected chi connectivity index (χ2v) is 4.06. The van der Waals surface area contributed by atoms with E-state index < -0.39 is 29.4 Å². The zero-order valence-corrected chi connectivity index (χ0v) is 10.9. The van der Waals surface area contributed by atoms with E-state index in [0.717, 1.165) is 0 Å². The van der Waals surface area contributed by atoms with Crippen molar-refractivity contribution in [3.63, 3.8) is 0 Å². The van der Waals surface area contributed by atoms with Crippen molar-refractivity contribution in [3.05, 3.63) is 42.0 Å². The quantitative estimate of drug-likeness (QED) is 0.233. The van der Waals surface area contributed by atoms with Gasteiger partial charge in [0, 0.05) is 0 Å². The van der Waals surface area contributed by atoms with Crippen LogP contribution in [0.15, 0.2) is 36.4 Å². The predicted molar refractivity (Wildman–Crippen MR) is 69.7 cm³/mol. The summed E-state index contributed by atoms with van der Waals surface area (Å²) in [6.45, 7) is 0. The number of rotatable bonds is 8. The minimum atomic E-state index is -3.36. The van der Waals surface area contributed by atoms with E-state index in [0.29, 0.717) is 11.6 Å². The monoisotopic (exact) mass is 312 g/mol. The van der Waals surface area contributed by atoms with Crippen molar-refractivity contribution in [1.82, 2.24) is 0 Å². The van der Waals surface area contributed by atoms with Gasteiger partial charge in [-0.3, -0.25) is 15.3 Å². The molecule has 0 bridgehead atoms. The lowest BCUT2D eigenvalue weighted by Gasteiger charge is -2.26. The molecule has 22 heavy (non-hydrogen) atoms. The highest BCUT2D eigenvalue weighted by Gasteiger charge is 2.59. The van der Waals surface area contributed by atoms with E-state index in [1.165, 1.54) is 6.08 Å². The molecule has 118 valence electrons. The molecule has 0 aromatic heterocycles. The minimum absolute atomic E-state index is 0.505. The van der Waals surface area contributed by atoms with Crippen LogP contribution >= 0.6 is 0 Å². The van der Waals surface area contributed by atoms with E-state index >= 15 is 0 Å². The number of carbonyl (C=O) groups excluding carboxylic acids is 1. The predicted octanol–water partition coefficient (Wildman–Crippen LogP) is 0.525. The summed E-state index contributed by atoms with van der Waals surface area (Å²) in [4.78, 5) is 41.2. The molecule has 0 aliphatic rings. The first kappa shape index (κ1) is 17.5. The van der Waals surface area contributed by atoms with E-state index in [9.17, 15) is 14.4 Å². The minimum Gasteiger partial charge on any atom is -0.479 e. The molecular weight excluding hydrogens is 300 g/mol. The molecule has 2 atom stereocenters. The Bertz CT molecular complexity index is 580. The zero-order valence-electron chi connectivity index (χ0n) is 10.9. The van der Waals surface area contributed by atoms with Crippen LogP contribution in [0.25, 0.3) is 6.08 Å². The number of carbonyl (C=O) groups is 3.